The van der Waals surface area contributed by atoms with E-state index in [0.29, 0.717) is 23.9 Å². The number of phenolic OH excluding ortho intramolecular Hbond substituents is 1. The molecule has 4 rings (SSSR count). The molecule has 4 atom stereocenters. The second kappa shape index (κ2) is 5.92. The average molecular weight is 359 g/mol. The summed E-state index contributed by atoms with van der Waals surface area (Å²) in [4.78, 5) is 26.2. The molecule has 0 spiro atoms. The molecule has 1 aromatic carbocycles. The predicted octanol–water partition coefficient (Wildman–Crippen LogP) is 1.58. The Balaban J connectivity index is 1.72. The van der Waals surface area contributed by atoms with Crippen molar-refractivity contribution in [3.63, 3.8) is 0 Å². The molecule has 1 aliphatic carbocycles. The Morgan fingerprint density at radius 3 is 2.69 bits per heavy atom. The molecule has 3 aliphatic rings. The fourth-order valence-corrected chi connectivity index (χ4v) is 4.65. The van der Waals surface area contributed by atoms with Crippen LogP contribution in [0.2, 0.25) is 0 Å². The number of phenols is 1. The van der Waals surface area contributed by atoms with Crippen LogP contribution < -0.4 is 0 Å². The number of nitrogens with zero attached hydrogens (tertiary/aromatic N) is 1. The first-order valence-electron chi connectivity index (χ1n) is 8.62. The van der Waals surface area contributed by atoms with Crippen LogP contribution in [-0.2, 0) is 14.2 Å². The molecule has 2 aliphatic heterocycles. The first-order chi connectivity index (χ1) is 12.3. The summed E-state index contributed by atoms with van der Waals surface area (Å²) in [5.74, 6) is -2.92. The Morgan fingerprint density at radius 2 is 2.00 bits per heavy atom. The van der Waals surface area contributed by atoms with Gasteiger partial charge in [0.05, 0.1) is 17.9 Å². The van der Waals surface area contributed by atoms with E-state index < -0.39 is 36.6 Å². The fraction of sp³-hybridized carbons (Fsp3) is 0.444. The van der Waals surface area contributed by atoms with Gasteiger partial charge in [0.25, 0.3) is 0 Å². The standard InChI is InChI=1S/C18H19BFNO5/c1-8-5-11-15(18(24)21(2)17(11)23)10-7-14(26-19(25)16(8)10)9-3-4-13(22)12(20)6-9/h3-4,6,10-11,14-15,22,25H,5,7H2,1-2H3/t10-,11-,14-,15+/m0/s1. The van der Waals surface area contributed by atoms with Gasteiger partial charge in [-0.15, -0.1) is 0 Å². The molecule has 2 fully saturated rings. The molecule has 2 saturated heterocycles. The molecular weight excluding hydrogens is 340 g/mol. The number of hydrogen-bond acceptors (Lipinski definition) is 5. The van der Waals surface area contributed by atoms with E-state index in [1.54, 1.807) is 0 Å². The molecule has 6 nitrogen and oxygen atoms in total. The highest BCUT2D eigenvalue weighted by atomic mass is 19.1. The molecule has 26 heavy (non-hydrogen) atoms. The summed E-state index contributed by atoms with van der Waals surface area (Å²) in [6.07, 6.45) is 0.168. The lowest BCUT2D eigenvalue weighted by Gasteiger charge is -2.41. The quantitative estimate of drug-likeness (QED) is 0.587. The van der Waals surface area contributed by atoms with Crippen LogP contribution in [0.5, 0.6) is 5.75 Å². The van der Waals surface area contributed by atoms with E-state index in [2.05, 4.69) is 0 Å². The highest BCUT2D eigenvalue weighted by Crippen LogP contribution is 2.51. The highest BCUT2D eigenvalue weighted by Gasteiger charge is 2.56. The Morgan fingerprint density at radius 1 is 1.27 bits per heavy atom. The zero-order valence-corrected chi connectivity index (χ0v) is 14.5. The lowest BCUT2D eigenvalue weighted by atomic mass is 9.55. The van der Waals surface area contributed by atoms with Crippen molar-refractivity contribution in [2.24, 2.45) is 17.8 Å². The molecule has 136 valence electrons. The zero-order valence-electron chi connectivity index (χ0n) is 14.5. The third kappa shape index (κ3) is 2.40. The normalized spacial score (nSPS) is 31.4. The van der Waals surface area contributed by atoms with E-state index in [1.165, 1.54) is 30.1 Å². The Hall–Kier alpha value is -2.19. The van der Waals surface area contributed by atoms with Gasteiger partial charge in [-0.2, -0.15) is 0 Å². The third-order valence-electron chi connectivity index (χ3n) is 5.92. The second-order valence-electron chi connectivity index (χ2n) is 7.34. The van der Waals surface area contributed by atoms with E-state index in [-0.39, 0.29) is 17.7 Å². The average Bonchev–Trinajstić information content (AvgIpc) is 2.81. The van der Waals surface area contributed by atoms with Crippen molar-refractivity contribution < 1.29 is 28.8 Å². The number of hydrogen-bond donors (Lipinski definition) is 2. The molecule has 0 unspecified atom stereocenters. The maximum absolute atomic E-state index is 13.7. The van der Waals surface area contributed by atoms with Crippen LogP contribution in [0.15, 0.2) is 29.2 Å². The van der Waals surface area contributed by atoms with Crippen LogP contribution in [-0.4, -0.2) is 41.0 Å². The van der Waals surface area contributed by atoms with E-state index in [0.717, 1.165) is 5.57 Å². The number of carbonyl (C=O) groups is 2. The van der Waals surface area contributed by atoms with Gasteiger partial charge in [0.2, 0.25) is 11.8 Å². The van der Waals surface area contributed by atoms with Gasteiger partial charge in [-0.1, -0.05) is 11.6 Å². The summed E-state index contributed by atoms with van der Waals surface area (Å²) < 4.78 is 19.4. The highest BCUT2D eigenvalue weighted by molar-refractivity contribution is 6.53. The molecule has 0 aromatic heterocycles. The Bertz CT molecular complexity index is 841. The van der Waals surface area contributed by atoms with Crippen molar-refractivity contribution >= 4 is 18.9 Å². The molecule has 1 aromatic rings. The minimum atomic E-state index is -1.20. The molecule has 2 amide bonds. The summed E-state index contributed by atoms with van der Waals surface area (Å²) in [7, 11) is 0.283. The van der Waals surface area contributed by atoms with Gasteiger partial charge >= 0.3 is 7.12 Å². The Labute approximate surface area is 150 Å². The fourth-order valence-electron chi connectivity index (χ4n) is 4.65. The summed E-state index contributed by atoms with van der Waals surface area (Å²) in [6, 6.07) is 3.94. The van der Waals surface area contributed by atoms with Crippen LogP contribution in [0.4, 0.5) is 4.39 Å². The van der Waals surface area contributed by atoms with Crippen molar-refractivity contribution in [2.45, 2.75) is 25.9 Å². The van der Waals surface area contributed by atoms with Crippen LogP contribution in [0.25, 0.3) is 0 Å². The first-order valence-corrected chi connectivity index (χ1v) is 8.62. The van der Waals surface area contributed by atoms with Crippen molar-refractivity contribution in [3.8, 4) is 5.75 Å². The maximum atomic E-state index is 13.7. The van der Waals surface area contributed by atoms with Crippen molar-refractivity contribution in [1.82, 2.24) is 4.90 Å². The smallest absolute Gasteiger partial charge is 0.487 e. The third-order valence-corrected chi connectivity index (χ3v) is 5.92. The predicted molar refractivity (Wildman–Crippen MR) is 90.0 cm³/mol. The number of rotatable bonds is 1. The van der Waals surface area contributed by atoms with Gasteiger partial charge in [0, 0.05) is 7.05 Å². The summed E-state index contributed by atoms with van der Waals surface area (Å²) in [5, 5.41) is 19.9. The molecule has 8 heteroatoms. The van der Waals surface area contributed by atoms with Crippen molar-refractivity contribution in [3.05, 3.63) is 40.6 Å². The topological polar surface area (TPSA) is 87.1 Å². The number of carbonyl (C=O) groups excluding carboxylic acids is 2. The molecule has 0 radical (unpaired) electrons. The monoisotopic (exact) mass is 359 g/mol. The van der Waals surface area contributed by atoms with E-state index >= 15 is 0 Å². The van der Waals surface area contributed by atoms with Gasteiger partial charge in [-0.05, 0) is 48.9 Å². The lowest BCUT2D eigenvalue weighted by Crippen LogP contribution is -2.44. The largest absolute Gasteiger partial charge is 0.505 e. The molecule has 0 bridgehead atoms. The molecule has 2 N–H and O–H groups in total. The number of allylic oxidation sites excluding steroid dienone is 2. The van der Waals surface area contributed by atoms with Gasteiger partial charge in [0.15, 0.2) is 11.6 Å². The molecular formula is C18H19BFNO5. The number of likely N-dealkylation sites (tertiary alicyclic amines) is 1. The number of halogens is 1. The van der Waals surface area contributed by atoms with Crippen LogP contribution in [0, 0.1) is 23.6 Å². The lowest BCUT2D eigenvalue weighted by molar-refractivity contribution is -0.138. The second-order valence-corrected chi connectivity index (χ2v) is 7.34. The first kappa shape index (κ1) is 17.2. The van der Waals surface area contributed by atoms with E-state index in [9.17, 15) is 24.1 Å². The van der Waals surface area contributed by atoms with E-state index in [1.807, 2.05) is 6.92 Å². The maximum Gasteiger partial charge on any atom is 0.487 e. The summed E-state index contributed by atoms with van der Waals surface area (Å²) in [5.41, 5.74) is 2.01. The van der Waals surface area contributed by atoms with Crippen molar-refractivity contribution in [2.75, 3.05) is 7.05 Å². The number of aromatic hydroxyl groups is 1. The van der Waals surface area contributed by atoms with Crippen LogP contribution >= 0.6 is 0 Å². The summed E-state index contributed by atoms with van der Waals surface area (Å²) in [6.45, 7) is 1.85. The zero-order chi connectivity index (χ0) is 18.7. The molecule has 0 saturated carbocycles. The van der Waals surface area contributed by atoms with Gasteiger partial charge in [0.1, 0.15) is 0 Å². The van der Waals surface area contributed by atoms with E-state index in [4.69, 9.17) is 4.65 Å². The number of imide groups is 1. The number of fused-ring (bicyclic) bond motifs is 3. The minimum Gasteiger partial charge on any atom is -0.505 e. The van der Waals surface area contributed by atoms with Gasteiger partial charge < -0.3 is 14.8 Å². The Kier molecular flexibility index (Phi) is 3.93. The van der Waals surface area contributed by atoms with Crippen molar-refractivity contribution in [1.29, 1.82) is 0 Å². The van der Waals surface area contributed by atoms with Crippen LogP contribution in [0.1, 0.15) is 31.4 Å². The number of amides is 2. The number of benzene rings is 1. The van der Waals surface area contributed by atoms with Crippen LogP contribution in [0.3, 0.4) is 0 Å². The SMILES string of the molecule is CC1=C2B(O)O[C@H](c3ccc(O)c(F)c3)C[C@H]2[C@H]2C(=O)N(C)C(=O)[C@H]2C1. The molecule has 2 heterocycles. The summed E-state index contributed by atoms with van der Waals surface area (Å²) >= 11 is 0. The van der Waals surface area contributed by atoms with Gasteiger partial charge in [-0.3, -0.25) is 14.5 Å². The van der Waals surface area contributed by atoms with Gasteiger partial charge in [-0.25, -0.2) is 4.39 Å². The minimum absolute atomic E-state index is 0.188.